The molecule has 0 aliphatic carbocycles. The summed E-state index contributed by atoms with van der Waals surface area (Å²) in [5.41, 5.74) is 1.23. The van der Waals surface area contributed by atoms with Crippen LogP contribution in [0.25, 0.3) is 0 Å². The summed E-state index contributed by atoms with van der Waals surface area (Å²) in [6, 6.07) is 0.675. The van der Waals surface area contributed by atoms with E-state index in [1.807, 2.05) is 7.05 Å². The number of nitrogens with zero attached hydrogens (tertiary/aromatic N) is 3. The van der Waals surface area contributed by atoms with Gasteiger partial charge < -0.3 is 5.32 Å². The van der Waals surface area contributed by atoms with E-state index in [-0.39, 0.29) is 0 Å². The Morgan fingerprint density at radius 3 is 2.67 bits per heavy atom. The fraction of sp³-hybridized carbons (Fsp3) is 0.769. The number of piperazine rings is 1. The topological polar surface area (TPSA) is 31.4 Å². The Bertz CT molecular complexity index is 356. The van der Waals surface area contributed by atoms with Crippen molar-refractivity contribution >= 4 is 11.3 Å². The van der Waals surface area contributed by atoms with Crippen LogP contribution in [0.15, 0.2) is 5.38 Å². The van der Waals surface area contributed by atoms with Crippen LogP contribution in [0.3, 0.4) is 0 Å². The molecule has 102 valence electrons. The highest BCUT2D eigenvalue weighted by molar-refractivity contribution is 7.09. The van der Waals surface area contributed by atoms with Crippen molar-refractivity contribution in [3.63, 3.8) is 0 Å². The summed E-state index contributed by atoms with van der Waals surface area (Å²) < 4.78 is 0. The Morgan fingerprint density at radius 2 is 2.06 bits per heavy atom. The average Bonchev–Trinajstić information content (AvgIpc) is 2.78. The Morgan fingerprint density at radius 1 is 1.33 bits per heavy atom. The van der Waals surface area contributed by atoms with Gasteiger partial charge in [-0.2, -0.15) is 0 Å². The van der Waals surface area contributed by atoms with Crippen molar-refractivity contribution in [1.29, 1.82) is 0 Å². The monoisotopic (exact) mass is 268 g/mol. The molecule has 0 spiro atoms. The number of thiazole rings is 1. The highest BCUT2D eigenvalue weighted by Gasteiger charge is 2.19. The summed E-state index contributed by atoms with van der Waals surface area (Å²) >= 11 is 1.76. The third-order valence-electron chi connectivity index (χ3n) is 3.45. The normalized spacial score (nSPS) is 18.7. The van der Waals surface area contributed by atoms with Crippen molar-refractivity contribution in [2.24, 2.45) is 0 Å². The van der Waals surface area contributed by atoms with E-state index in [9.17, 15) is 0 Å². The lowest BCUT2D eigenvalue weighted by Gasteiger charge is -2.36. The summed E-state index contributed by atoms with van der Waals surface area (Å²) in [5.74, 6) is 0. The molecule has 1 fully saturated rings. The van der Waals surface area contributed by atoms with E-state index in [1.165, 1.54) is 23.8 Å². The zero-order valence-corrected chi connectivity index (χ0v) is 12.5. The smallest absolute Gasteiger partial charge is 0.107 e. The van der Waals surface area contributed by atoms with Gasteiger partial charge in [-0.15, -0.1) is 11.3 Å². The first-order valence-corrected chi connectivity index (χ1v) is 7.61. The van der Waals surface area contributed by atoms with E-state index < -0.39 is 0 Å². The zero-order chi connectivity index (χ0) is 13.0. The van der Waals surface area contributed by atoms with Gasteiger partial charge in [0.15, 0.2) is 0 Å². The second-order valence-corrected chi connectivity index (χ2v) is 6.11. The lowest BCUT2D eigenvalue weighted by atomic mass is 10.2. The molecule has 0 bridgehead atoms. The maximum Gasteiger partial charge on any atom is 0.107 e. The van der Waals surface area contributed by atoms with Gasteiger partial charge >= 0.3 is 0 Å². The minimum absolute atomic E-state index is 0.675. The summed E-state index contributed by atoms with van der Waals surface area (Å²) in [5, 5.41) is 6.53. The Hall–Kier alpha value is -0.490. The van der Waals surface area contributed by atoms with Gasteiger partial charge in [-0.25, -0.2) is 4.98 Å². The molecule has 1 aromatic rings. The molecule has 2 heterocycles. The van der Waals surface area contributed by atoms with Crippen LogP contribution < -0.4 is 5.32 Å². The van der Waals surface area contributed by atoms with Crippen LogP contribution in [-0.4, -0.2) is 54.1 Å². The predicted octanol–water partition coefficient (Wildman–Crippen LogP) is 1.39. The SMILES string of the molecule is CNCc1nc(CN2CCN(C(C)C)CC2)cs1. The Balaban J connectivity index is 1.80. The molecule has 0 amide bonds. The number of nitrogens with one attached hydrogen (secondary N) is 1. The van der Waals surface area contributed by atoms with Crippen LogP contribution in [0.4, 0.5) is 0 Å². The zero-order valence-electron chi connectivity index (χ0n) is 11.6. The number of aromatic nitrogens is 1. The lowest BCUT2D eigenvalue weighted by Crippen LogP contribution is -2.48. The molecule has 1 saturated heterocycles. The number of hydrogen-bond acceptors (Lipinski definition) is 5. The Labute approximate surface area is 114 Å². The second-order valence-electron chi connectivity index (χ2n) is 5.17. The summed E-state index contributed by atoms with van der Waals surface area (Å²) in [6.07, 6.45) is 0. The molecule has 0 unspecified atom stereocenters. The van der Waals surface area contributed by atoms with Gasteiger partial charge in [-0.1, -0.05) is 0 Å². The molecule has 1 aliphatic rings. The van der Waals surface area contributed by atoms with Crippen molar-refractivity contribution in [3.05, 3.63) is 16.1 Å². The standard InChI is InChI=1S/C13H24N4S/c1-11(2)17-6-4-16(5-7-17)9-12-10-18-13(15-12)8-14-3/h10-11,14H,4-9H2,1-3H3. The molecule has 5 heteroatoms. The van der Waals surface area contributed by atoms with Crippen molar-refractivity contribution in [2.45, 2.75) is 33.0 Å². The summed E-state index contributed by atoms with van der Waals surface area (Å²) in [6.45, 7) is 11.1. The third kappa shape index (κ3) is 3.75. The van der Waals surface area contributed by atoms with Gasteiger partial charge in [0.1, 0.15) is 5.01 Å². The molecule has 1 aromatic heterocycles. The first-order valence-electron chi connectivity index (χ1n) is 6.73. The molecule has 0 saturated carbocycles. The quantitative estimate of drug-likeness (QED) is 0.874. The van der Waals surface area contributed by atoms with Crippen LogP contribution >= 0.6 is 11.3 Å². The molecular formula is C13H24N4S. The molecule has 2 rings (SSSR count). The lowest BCUT2D eigenvalue weighted by molar-refractivity contribution is 0.103. The van der Waals surface area contributed by atoms with Gasteiger partial charge in [0, 0.05) is 50.7 Å². The van der Waals surface area contributed by atoms with E-state index in [0.717, 1.165) is 26.2 Å². The summed E-state index contributed by atoms with van der Waals surface area (Å²) in [7, 11) is 1.96. The van der Waals surface area contributed by atoms with Gasteiger partial charge in [-0.3, -0.25) is 9.80 Å². The molecule has 1 aliphatic heterocycles. The van der Waals surface area contributed by atoms with Crippen LogP contribution in [0.2, 0.25) is 0 Å². The maximum atomic E-state index is 4.65. The van der Waals surface area contributed by atoms with E-state index in [1.54, 1.807) is 11.3 Å². The molecule has 0 radical (unpaired) electrons. The van der Waals surface area contributed by atoms with Crippen molar-refractivity contribution in [3.8, 4) is 0 Å². The van der Waals surface area contributed by atoms with E-state index >= 15 is 0 Å². The highest BCUT2D eigenvalue weighted by Crippen LogP contribution is 2.13. The van der Waals surface area contributed by atoms with Gasteiger partial charge in [-0.05, 0) is 20.9 Å². The van der Waals surface area contributed by atoms with Crippen molar-refractivity contribution in [2.75, 3.05) is 33.2 Å². The minimum atomic E-state index is 0.675. The van der Waals surface area contributed by atoms with Crippen LogP contribution in [-0.2, 0) is 13.1 Å². The molecule has 1 N–H and O–H groups in total. The minimum Gasteiger partial charge on any atom is -0.314 e. The average molecular weight is 268 g/mol. The van der Waals surface area contributed by atoms with Crippen molar-refractivity contribution < 1.29 is 0 Å². The summed E-state index contributed by atoms with van der Waals surface area (Å²) in [4.78, 5) is 9.71. The second kappa shape index (κ2) is 6.61. The number of hydrogen-bond donors (Lipinski definition) is 1. The Kier molecular flexibility index (Phi) is 5.12. The molecule has 18 heavy (non-hydrogen) atoms. The largest absolute Gasteiger partial charge is 0.314 e. The predicted molar refractivity (Wildman–Crippen MR) is 76.9 cm³/mol. The van der Waals surface area contributed by atoms with Crippen LogP contribution in [0.1, 0.15) is 24.5 Å². The fourth-order valence-corrected chi connectivity index (χ4v) is 3.12. The van der Waals surface area contributed by atoms with Gasteiger partial charge in [0.25, 0.3) is 0 Å². The number of rotatable bonds is 5. The highest BCUT2D eigenvalue weighted by atomic mass is 32.1. The van der Waals surface area contributed by atoms with Crippen LogP contribution in [0, 0.1) is 0 Å². The van der Waals surface area contributed by atoms with E-state index in [4.69, 9.17) is 0 Å². The molecule has 0 atom stereocenters. The van der Waals surface area contributed by atoms with Gasteiger partial charge in [0.2, 0.25) is 0 Å². The molecule has 0 aromatic carbocycles. The molecular weight excluding hydrogens is 244 g/mol. The molecule has 4 nitrogen and oxygen atoms in total. The van der Waals surface area contributed by atoms with E-state index in [2.05, 4.69) is 39.3 Å². The first-order chi connectivity index (χ1) is 8.69. The van der Waals surface area contributed by atoms with E-state index in [0.29, 0.717) is 6.04 Å². The maximum absolute atomic E-state index is 4.65. The first kappa shape index (κ1) is 13.9. The fourth-order valence-electron chi connectivity index (χ4n) is 2.32. The third-order valence-corrected chi connectivity index (χ3v) is 4.35. The van der Waals surface area contributed by atoms with Crippen molar-refractivity contribution in [1.82, 2.24) is 20.1 Å². The van der Waals surface area contributed by atoms with Crippen LogP contribution in [0.5, 0.6) is 0 Å². The van der Waals surface area contributed by atoms with Gasteiger partial charge in [0.05, 0.1) is 5.69 Å².